The van der Waals surface area contributed by atoms with Gasteiger partial charge in [-0.05, 0) is 43.3 Å². The number of nitrogens with zero attached hydrogens (tertiary/aromatic N) is 4. The number of carbonyl (C=O) groups is 1. The van der Waals surface area contributed by atoms with Crippen molar-refractivity contribution >= 4 is 44.7 Å². The van der Waals surface area contributed by atoms with Crippen LogP contribution in [0.4, 0.5) is 5.69 Å². The van der Waals surface area contributed by atoms with Gasteiger partial charge in [0.2, 0.25) is 0 Å². The van der Waals surface area contributed by atoms with Gasteiger partial charge in [-0.2, -0.15) is 5.10 Å². The SMILES string of the molecule is COc1cccc(N2CCN(C(=O)c3cc4c(C)nn(-c5cccc(Cl)c5)c4s3)CC2)c1. The molecule has 3 heterocycles. The molecule has 5 rings (SSSR count). The van der Waals surface area contributed by atoms with Crippen molar-refractivity contribution in [3.63, 3.8) is 0 Å². The normalized spacial score (nSPS) is 14.2. The predicted octanol–water partition coefficient (Wildman–Crippen LogP) is 5.02. The van der Waals surface area contributed by atoms with Crippen molar-refractivity contribution in [2.45, 2.75) is 6.92 Å². The van der Waals surface area contributed by atoms with Crippen LogP contribution in [0.5, 0.6) is 5.75 Å². The molecule has 0 bridgehead atoms. The molecule has 1 saturated heterocycles. The number of fused-ring (bicyclic) bond motifs is 1. The molecule has 164 valence electrons. The molecule has 8 heteroatoms. The Morgan fingerprint density at radius 3 is 2.53 bits per heavy atom. The number of rotatable bonds is 4. The second-order valence-corrected chi connectivity index (χ2v) is 9.25. The monoisotopic (exact) mass is 466 g/mol. The van der Waals surface area contributed by atoms with Crippen LogP contribution in [0.2, 0.25) is 5.02 Å². The molecule has 0 saturated carbocycles. The first-order valence-corrected chi connectivity index (χ1v) is 11.7. The fourth-order valence-corrected chi connectivity index (χ4v) is 5.40. The summed E-state index contributed by atoms with van der Waals surface area (Å²) >= 11 is 7.66. The van der Waals surface area contributed by atoms with Crippen molar-refractivity contribution in [1.29, 1.82) is 0 Å². The van der Waals surface area contributed by atoms with Gasteiger partial charge >= 0.3 is 0 Å². The van der Waals surface area contributed by atoms with Gasteiger partial charge in [-0.1, -0.05) is 23.7 Å². The van der Waals surface area contributed by atoms with Crippen LogP contribution >= 0.6 is 22.9 Å². The summed E-state index contributed by atoms with van der Waals surface area (Å²) in [6, 6.07) is 17.6. The molecule has 0 atom stereocenters. The highest BCUT2D eigenvalue weighted by molar-refractivity contribution is 7.20. The van der Waals surface area contributed by atoms with Crippen LogP contribution in [-0.2, 0) is 0 Å². The number of ether oxygens (including phenoxy) is 1. The van der Waals surface area contributed by atoms with Gasteiger partial charge in [0, 0.05) is 48.3 Å². The molecule has 6 nitrogen and oxygen atoms in total. The van der Waals surface area contributed by atoms with Crippen molar-refractivity contribution in [2.75, 3.05) is 38.2 Å². The van der Waals surface area contributed by atoms with Crippen LogP contribution in [-0.4, -0.2) is 53.9 Å². The van der Waals surface area contributed by atoms with E-state index in [4.69, 9.17) is 16.3 Å². The average molecular weight is 467 g/mol. The third kappa shape index (κ3) is 3.82. The van der Waals surface area contributed by atoms with Gasteiger partial charge in [-0.3, -0.25) is 4.79 Å². The lowest BCUT2D eigenvalue weighted by Gasteiger charge is -2.36. The molecule has 0 N–H and O–H groups in total. The summed E-state index contributed by atoms with van der Waals surface area (Å²) in [7, 11) is 1.67. The van der Waals surface area contributed by atoms with Crippen LogP contribution in [0.1, 0.15) is 15.4 Å². The van der Waals surface area contributed by atoms with E-state index in [9.17, 15) is 4.79 Å². The number of anilines is 1. The van der Waals surface area contributed by atoms with E-state index in [1.54, 1.807) is 7.11 Å². The summed E-state index contributed by atoms with van der Waals surface area (Å²) in [5.41, 5.74) is 2.91. The maximum Gasteiger partial charge on any atom is 0.264 e. The Morgan fingerprint density at radius 2 is 1.78 bits per heavy atom. The zero-order valence-corrected chi connectivity index (χ0v) is 19.5. The van der Waals surface area contributed by atoms with E-state index in [2.05, 4.69) is 16.1 Å². The number of carbonyl (C=O) groups excluding carboxylic acids is 1. The van der Waals surface area contributed by atoms with Crippen LogP contribution in [0.25, 0.3) is 15.9 Å². The fourth-order valence-electron chi connectivity index (χ4n) is 4.07. The van der Waals surface area contributed by atoms with Crippen LogP contribution in [0, 0.1) is 6.92 Å². The number of hydrogen-bond acceptors (Lipinski definition) is 5. The Hall–Kier alpha value is -3.03. The quantitative estimate of drug-likeness (QED) is 0.423. The Labute approximate surface area is 195 Å². The standard InChI is InChI=1S/C24H23ClN4O2S/c1-16-21-15-22(32-24(21)29(26-16)19-7-3-5-17(25)13-19)23(30)28-11-9-27(10-12-28)18-6-4-8-20(14-18)31-2/h3-8,13-15H,9-12H2,1-2H3. The first-order valence-electron chi connectivity index (χ1n) is 10.5. The number of aryl methyl sites for hydroxylation is 1. The Kier molecular flexibility index (Phi) is 5.53. The number of hydrogen-bond donors (Lipinski definition) is 0. The first-order chi connectivity index (χ1) is 15.5. The number of aromatic nitrogens is 2. The zero-order chi connectivity index (χ0) is 22.2. The summed E-state index contributed by atoms with van der Waals surface area (Å²) in [5, 5.41) is 6.32. The molecule has 1 aliphatic rings. The van der Waals surface area contributed by atoms with Crippen LogP contribution in [0.3, 0.4) is 0 Å². The molecular weight excluding hydrogens is 444 g/mol. The lowest BCUT2D eigenvalue weighted by Crippen LogP contribution is -2.48. The molecule has 4 aromatic rings. The molecule has 2 aromatic heterocycles. The highest BCUT2D eigenvalue weighted by atomic mass is 35.5. The summed E-state index contributed by atoms with van der Waals surface area (Å²) in [6.07, 6.45) is 0. The molecule has 0 spiro atoms. The largest absolute Gasteiger partial charge is 0.497 e. The molecule has 0 unspecified atom stereocenters. The molecule has 0 radical (unpaired) electrons. The summed E-state index contributed by atoms with van der Waals surface area (Å²) in [5.74, 6) is 0.920. The highest BCUT2D eigenvalue weighted by Gasteiger charge is 2.25. The van der Waals surface area contributed by atoms with Gasteiger partial charge in [0.25, 0.3) is 5.91 Å². The van der Waals surface area contributed by atoms with Crippen molar-refractivity contribution in [1.82, 2.24) is 14.7 Å². The van der Waals surface area contributed by atoms with Gasteiger partial charge in [0.15, 0.2) is 0 Å². The number of halogens is 1. The Balaban J connectivity index is 1.35. The van der Waals surface area contributed by atoms with E-state index < -0.39 is 0 Å². The summed E-state index contributed by atoms with van der Waals surface area (Å²) < 4.78 is 7.21. The molecule has 0 aliphatic carbocycles. The number of benzene rings is 2. The smallest absolute Gasteiger partial charge is 0.264 e. The predicted molar refractivity (Wildman–Crippen MR) is 130 cm³/mol. The third-order valence-electron chi connectivity index (χ3n) is 5.79. The van der Waals surface area contributed by atoms with Gasteiger partial charge in [-0.25, -0.2) is 4.68 Å². The van der Waals surface area contributed by atoms with E-state index in [0.29, 0.717) is 18.1 Å². The third-order valence-corrected chi connectivity index (χ3v) is 7.13. The van der Waals surface area contributed by atoms with Gasteiger partial charge < -0.3 is 14.5 Å². The number of thiophene rings is 1. The molecule has 32 heavy (non-hydrogen) atoms. The summed E-state index contributed by atoms with van der Waals surface area (Å²) in [4.78, 5) is 19.2. The number of methoxy groups -OCH3 is 1. The minimum absolute atomic E-state index is 0.0773. The number of amides is 1. The lowest BCUT2D eigenvalue weighted by atomic mass is 10.2. The van der Waals surface area contributed by atoms with Crippen molar-refractivity contribution in [3.05, 3.63) is 70.2 Å². The maximum absolute atomic E-state index is 13.3. The maximum atomic E-state index is 13.3. The zero-order valence-electron chi connectivity index (χ0n) is 17.9. The van der Waals surface area contributed by atoms with Gasteiger partial charge in [-0.15, -0.1) is 11.3 Å². The van der Waals surface area contributed by atoms with Crippen molar-refractivity contribution in [2.24, 2.45) is 0 Å². The lowest BCUT2D eigenvalue weighted by molar-refractivity contribution is 0.0751. The van der Waals surface area contributed by atoms with Crippen molar-refractivity contribution in [3.8, 4) is 11.4 Å². The van der Waals surface area contributed by atoms with E-state index in [-0.39, 0.29) is 5.91 Å². The second-order valence-electron chi connectivity index (χ2n) is 7.79. The van der Waals surface area contributed by atoms with Crippen LogP contribution < -0.4 is 9.64 Å². The van der Waals surface area contributed by atoms with Gasteiger partial charge in [0.05, 0.1) is 23.4 Å². The Bertz CT molecular complexity index is 1290. The molecule has 1 amide bonds. The van der Waals surface area contributed by atoms with Crippen molar-refractivity contribution < 1.29 is 9.53 Å². The molecular formula is C24H23ClN4O2S. The number of piperazine rings is 1. The Morgan fingerprint density at radius 1 is 1.03 bits per heavy atom. The molecule has 1 fully saturated rings. The fraction of sp³-hybridized carbons (Fsp3) is 0.250. The van der Waals surface area contributed by atoms with E-state index in [1.807, 2.05) is 65.0 Å². The molecule has 1 aliphatic heterocycles. The van der Waals surface area contributed by atoms with E-state index >= 15 is 0 Å². The first kappa shape index (κ1) is 20.8. The van der Waals surface area contributed by atoms with Gasteiger partial charge in [0.1, 0.15) is 10.6 Å². The molecule has 2 aromatic carbocycles. The highest BCUT2D eigenvalue weighted by Crippen LogP contribution is 2.32. The average Bonchev–Trinajstić information content (AvgIpc) is 3.39. The summed E-state index contributed by atoms with van der Waals surface area (Å²) in [6.45, 7) is 4.92. The topological polar surface area (TPSA) is 50.6 Å². The van der Waals surface area contributed by atoms with E-state index in [0.717, 1.165) is 51.0 Å². The van der Waals surface area contributed by atoms with Crippen LogP contribution in [0.15, 0.2) is 54.6 Å². The minimum Gasteiger partial charge on any atom is -0.497 e. The minimum atomic E-state index is 0.0773. The van der Waals surface area contributed by atoms with E-state index in [1.165, 1.54) is 11.3 Å². The second kappa shape index (κ2) is 8.48.